The van der Waals surface area contributed by atoms with Crippen molar-refractivity contribution in [3.05, 3.63) is 59.7 Å². The molecule has 0 unspecified atom stereocenters. The van der Waals surface area contributed by atoms with Crippen LogP contribution in [0.5, 0.6) is 5.75 Å². The van der Waals surface area contributed by atoms with Crippen LogP contribution in [0.2, 0.25) is 0 Å². The number of Topliss-reactive ketones (excluding diaryl/α,β-unsaturated/α-hetero) is 1. The summed E-state index contributed by atoms with van der Waals surface area (Å²) in [5.74, 6) is -0.479. The summed E-state index contributed by atoms with van der Waals surface area (Å²) in [6.45, 7) is 5.13. The molecule has 0 saturated heterocycles. The van der Waals surface area contributed by atoms with E-state index in [0.29, 0.717) is 24.3 Å². The maximum Gasteiger partial charge on any atom is 0.244 e. The SMILES string of the molecule is CCCNC(=O)[C@H](CC)N(Cc1cccc(OC)c1)C(=O)CN(c1cccc(C(C)=O)c1)S(C)(=O)=O. The van der Waals surface area contributed by atoms with Crippen molar-refractivity contribution in [3.63, 3.8) is 0 Å². The zero-order valence-corrected chi connectivity index (χ0v) is 22.3. The minimum Gasteiger partial charge on any atom is -0.497 e. The molecule has 10 heteroatoms. The molecule has 196 valence electrons. The van der Waals surface area contributed by atoms with Crippen LogP contribution in [0.15, 0.2) is 48.5 Å². The fourth-order valence-electron chi connectivity index (χ4n) is 3.75. The molecule has 0 aliphatic rings. The van der Waals surface area contributed by atoms with Gasteiger partial charge < -0.3 is 15.0 Å². The fraction of sp³-hybridized carbons (Fsp3) is 0.423. The number of carbonyl (C=O) groups excluding carboxylic acids is 3. The Morgan fingerprint density at radius 1 is 1.06 bits per heavy atom. The zero-order valence-electron chi connectivity index (χ0n) is 21.5. The van der Waals surface area contributed by atoms with Crippen LogP contribution in [0.4, 0.5) is 5.69 Å². The van der Waals surface area contributed by atoms with Gasteiger partial charge in [0.2, 0.25) is 21.8 Å². The number of nitrogens with zero attached hydrogens (tertiary/aromatic N) is 2. The Morgan fingerprint density at radius 2 is 1.75 bits per heavy atom. The molecule has 0 heterocycles. The molecule has 36 heavy (non-hydrogen) atoms. The van der Waals surface area contributed by atoms with Gasteiger partial charge in [-0.1, -0.05) is 38.1 Å². The number of carbonyl (C=O) groups is 3. The molecule has 2 rings (SSSR count). The number of hydrogen-bond acceptors (Lipinski definition) is 6. The van der Waals surface area contributed by atoms with Crippen LogP contribution in [-0.4, -0.2) is 63.4 Å². The Morgan fingerprint density at radius 3 is 2.33 bits per heavy atom. The smallest absolute Gasteiger partial charge is 0.244 e. The van der Waals surface area contributed by atoms with E-state index in [-0.39, 0.29) is 23.9 Å². The van der Waals surface area contributed by atoms with E-state index in [1.165, 1.54) is 31.1 Å². The molecule has 9 nitrogen and oxygen atoms in total. The van der Waals surface area contributed by atoms with E-state index in [2.05, 4.69) is 5.32 Å². The predicted octanol–water partition coefficient (Wildman–Crippen LogP) is 3.00. The van der Waals surface area contributed by atoms with E-state index in [1.54, 1.807) is 37.3 Å². The molecule has 0 aliphatic heterocycles. The maximum atomic E-state index is 13.7. The molecule has 0 radical (unpaired) electrons. The largest absolute Gasteiger partial charge is 0.497 e. The van der Waals surface area contributed by atoms with Gasteiger partial charge >= 0.3 is 0 Å². The number of rotatable bonds is 13. The second-order valence-corrected chi connectivity index (χ2v) is 10.4. The predicted molar refractivity (Wildman–Crippen MR) is 140 cm³/mol. The lowest BCUT2D eigenvalue weighted by Gasteiger charge is -2.33. The zero-order chi connectivity index (χ0) is 26.9. The number of ether oxygens (including phenoxy) is 1. The Balaban J connectivity index is 2.47. The molecule has 0 saturated carbocycles. The second kappa shape index (κ2) is 13.1. The minimum absolute atomic E-state index is 0.0825. The van der Waals surface area contributed by atoms with E-state index in [4.69, 9.17) is 4.74 Å². The van der Waals surface area contributed by atoms with Gasteiger partial charge in [-0.2, -0.15) is 0 Å². The van der Waals surface area contributed by atoms with Crippen molar-refractivity contribution < 1.29 is 27.5 Å². The monoisotopic (exact) mass is 517 g/mol. The summed E-state index contributed by atoms with van der Waals surface area (Å²) < 4.78 is 31.6. The van der Waals surface area contributed by atoms with Crippen molar-refractivity contribution >= 4 is 33.3 Å². The first kappa shape index (κ1) is 28.8. The Labute approximate surface area is 213 Å². The van der Waals surface area contributed by atoms with Crippen LogP contribution in [0, 0.1) is 0 Å². The van der Waals surface area contributed by atoms with E-state index in [9.17, 15) is 22.8 Å². The fourth-order valence-corrected chi connectivity index (χ4v) is 4.59. The lowest BCUT2D eigenvalue weighted by Crippen LogP contribution is -2.52. The average molecular weight is 518 g/mol. The molecular weight excluding hydrogens is 482 g/mol. The van der Waals surface area contributed by atoms with Crippen molar-refractivity contribution in [2.24, 2.45) is 0 Å². The number of ketones is 1. The van der Waals surface area contributed by atoms with E-state index in [1.807, 2.05) is 13.0 Å². The van der Waals surface area contributed by atoms with Crippen LogP contribution in [0.25, 0.3) is 0 Å². The molecule has 0 aliphatic carbocycles. The van der Waals surface area contributed by atoms with Crippen molar-refractivity contribution in [3.8, 4) is 5.75 Å². The van der Waals surface area contributed by atoms with Gasteiger partial charge in [0.1, 0.15) is 18.3 Å². The molecule has 0 spiro atoms. The van der Waals surface area contributed by atoms with Crippen LogP contribution in [0.1, 0.15) is 49.5 Å². The summed E-state index contributed by atoms with van der Waals surface area (Å²) >= 11 is 0. The molecule has 0 aromatic heterocycles. The topological polar surface area (TPSA) is 113 Å². The number of nitrogens with one attached hydrogen (secondary N) is 1. The third-order valence-corrected chi connectivity index (χ3v) is 6.78. The van der Waals surface area contributed by atoms with Crippen molar-refractivity contribution in [2.75, 3.05) is 30.8 Å². The van der Waals surface area contributed by atoms with Crippen molar-refractivity contribution in [2.45, 2.75) is 46.2 Å². The number of benzene rings is 2. The third-order valence-electron chi connectivity index (χ3n) is 5.64. The lowest BCUT2D eigenvalue weighted by molar-refractivity contribution is -0.140. The van der Waals surface area contributed by atoms with E-state index >= 15 is 0 Å². The highest BCUT2D eigenvalue weighted by Gasteiger charge is 2.31. The summed E-state index contributed by atoms with van der Waals surface area (Å²) in [4.78, 5) is 39.9. The van der Waals surface area contributed by atoms with Gasteiger partial charge in [-0.15, -0.1) is 0 Å². The summed E-state index contributed by atoms with van der Waals surface area (Å²) in [5, 5.41) is 2.84. The van der Waals surface area contributed by atoms with Gasteiger partial charge in [-0.05, 0) is 49.6 Å². The molecular formula is C26H35N3O6S. The summed E-state index contributed by atoms with van der Waals surface area (Å²) in [6.07, 6.45) is 2.07. The third kappa shape index (κ3) is 7.81. The van der Waals surface area contributed by atoms with E-state index in [0.717, 1.165) is 22.5 Å². The Hall–Kier alpha value is -3.40. The molecule has 0 fully saturated rings. The highest BCUT2D eigenvalue weighted by molar-refractivity contribution is 7.92. The van der Waals surface area contributed by atoms with Crippen molar-refractivity contribution in [1.82, 2.24) is 10.2 Å². The molecule has 2 aromatic carbocycles. The Kier molecular flexibility index (Phi) is 10.5. The molecule has 2 aromatic rings. The summed E-state index contributed by atoms with van der Waals surface area (Å²) in [7, 11) is -2.35. The van der Waals surface area contributed by atoms with Gasteiger partial charge in [0, 0.05) is 18.7 Å². The van der Waals surface area contributed by atoms with Gasteiger partial charge in [0.25, 0.3) is 0 Å². The highest BCUT2D eigenvalue weighted by atomic mass is 32.2. The molecule has 1 atom stereocenters. The van der Waals surface area contributed by atoms with Gasteiger partial charge in [0.05, 0.1) is 19.1 Å². The summed E-state index contributed by atoms with van der Waals surface area (Å²) in [6, 6.07) is 12.4. The second-order valence-electron chi connectivity index (χ2n) is 8.46. The number of methoxy groups -OCH3 is 1. The number of amides is 2. The normalized spacial score (nSPS) is 11.9. The van der Waals surface area contributed by atoms with Crippen LogP contribution < -0.4 is 14.4 Å². The summed E-state index contributed by atoms with van der Waals surface area (Å²) in [5.41, 5.74) is 1.25. The average Bonchev–Trinajstić information content (AvgIpc) is 2.85. The first-order chi connectivity index (χ1) is 17.0. The number of anilines is 1. The quantitative estimate of drug-likeness (QED) is 0.409. The van der Waals surface area contributed by atoms with Gasteiger partial charge in [0.15, 0.2) is 5.78 Å². The first-order valence-electron chi connectivity index (χ1n) is 11.8. The molecule has 1 N–H and O–H groups in total. The van der Waals surface area contributed by atoms with Crippen LogP contribution in [-0.2, 0) is 26.2 Å². The lowest BCUT2D eigenvalue weighted by atomic mass is 10.1. The number of hydrogen-bond donors (Lipinski definition) is 1. The maximum absolute atomic E-state index is 13.7. The highest BCUT2D eigenvalue weighted by Crippen LogP contribution is 2.22. The molecule has 2 amide bonds. The molecule has 0 bridgehead atoms. The van der Waals surface area contributed by atoms with Gasteiger partial charge in [-0.25, -0.2) is 8.42 Å². The number of sulfonamides is 1. The minimum atomic E-state index is -3.89. The van der Waals surface area contributed by atoms with Gasteiger partial charge in [-0.3, -0.25) is 18.7 Å². The van der Waals surface area contributed by atoms with Crippen LogP contribution in [0.3, 0.4) is 0 Å². The standard InChI is InChI=1S/C26H35N3O6S/c1-6-14-27-26(32)24(7-2)28(17-20-10-8-13-23(15-20)35-4)25(31)18-29(36(5,33)34)22-12-9-11-21(16-22)19(3)30/h8-13,15-16,24H,6-7,14,17-18H2,1-5H3,(H,27,32)/t24-/m0/s1. The first-order valence-corrected chi connectivity index (χ1v) is 13.6. The Bertz CT molecular complexity index is 1180. The van der Waals surface area contributed by atoms with E-state index < -0.39 is 28.5 Å². The van der Waals surface area contributed by atoms with Crippen LogP contribution >= 0.6 is 0 Å². The van der Waals surface area contributed by atoms with Crippen molar-refractivity contribution in [1.29, 1.82) is 0 Å².